The zero-order chi connectivity index (χ0) is 13.7. The maximum Gasteiger partial charge on any atom is 0.178 e. The SMILES string of the molecule is NNc1nc(NCCCn2ccnc2)c(F)cc1F. The summed E-state index contributed by atoms with van der Waals surface area (Å²) in [5.41, 5.74) is 2.07. The monoisotopic (exact) mass is 268 g/mol. The van der Waals surface area contributed by atoms with Crippen molar-refractivity contribution in [3.05, 3.63) is 36.4 Å². The van der Waals surface area contributed by atoms with Gasteiger partial charge in [0.2, 0.25) is 0 Å². The predicted octanol–water partition coefficient (Wildman–Crippen LogP) is 1.34. The lowest BCUT2D eigenvalue weighted by Gasteiger charge is -2.09. The van der Waals surface area contributed by atoms with E-state index in [2.05, 4.69) is 20.7 Å². The number of nitrogens with two attached hydrogens (primary N) is 1. The van der Waals surface area contributed by atoms with Gasteiger partial charge >= 0.3 is 0 Å². The summed E-state index contributed by atoms with van der Waals surface area (Å²) in [5.74, 6) is 3.27. The molecule has 0 spiro atoms. The molecule has 8 heteroatoms. The molecule has 0 atom stereocenters. The second-order valence-electron chi connectivity index (χ2n) is 3.87. The maximum atomic E-state index is 13.4. The largest absolute Gasteiger partial charge is 0.367 e. The van der Waals surface area contributed by atoms with Crippen LogP contribution in [0.4, 0.5) is 20.4 Å². The van der Waals surface area contributed by atoms with Gasteiger partial charge in [0.05, 0.1) is 6.33 Å². The molecule has 0 fully saturated rings. The van der Waals surface area contributed by atoms with Crippen molar-refractivity contribution in [2.24, 2.45) is 5.84 Å². The molecular formula is C11H14F2N6. The molecule has 0 radical (unpaired) electrons. The van der Waals surface area contributed by atoms with Crippen molar-refractivity contribution in [3.8, 4) is 0 Å². The highest BCUT2D eigenvalue weighted by Crippen LogP contribution is 2.17. The molecule has 0 aromatic carbocycles. The van der Waals surface area contributed by atoms with Crippen LogP contribution in [0.3, 0.4) is 0 Å². The number of hydrogen-bond donors (Lipinski definition) is 3. The Morgan fingerprint density at radius 2 is 2.05 bits per heavy atom. The van der Waals surface area contributed by atoms with Crippen LogP contribution >= 0.6 is 0 Å². The second kappa shape index (κ2) is 6.10. The Bertz CT molecular complexity index is 528. The standard InChI is InChI=1S/C11H14F2N6/c12-8-6-9(13)11(18-14)17-10(8)16-2-1-4-19-5-3-15-7-19/h3,5-7H,1-2,4,14H2,(H2,16,17,18). The molecule has 0 bridgehead atoms. The highest BCUT2D eigenvalue weighted by atomic mass is 19.1. The van der Waals surface area contributed by atoms with E-state index >= 15 is 0 Å². The first-order valence-electron chi connectivity index (χ1n) is 5.73. The molecule has 2 heterocycles. The van der Waals surface area contributed by atoms with Crippen molar-refractivity contribution >= 4 is 11.6 Å². The third-order valence-electron chi connectivity index (χ3n) is 2.51. The molecule has 0 unspecified atom stereocenters. The van der Waals surface area contributed by atoms with Gasteiger partial charge in [-0.25, -0.2) is 24.6 Å². The molecule has 6 nitrogen and oxygen atoms in total. The number of aromatic nitrogens is 3. The fourth-order valence-electron chi connectivity index (χ4n) is 1.58. The van der Waals surface area contributed by atoms with Crippen LogP contribution in [-0.2, 0) is 6.54 Å². The number of halogens is 2. The van der Waals surface area contributed by atoms with E-state index in [1.807, 2.05) is 10.8 Å². The maximum absolute atomic E-state index is 13.4. The van der Waals surface area contributed by atoms with E-state index in [-0.39, 0.29) is 11.6 Å². The van der Waals surface area contributed by atoms with Crippen molar-refractivity contribution in [1.29, 1.82) is 0 Å². The molecule has 0 aliphatic carbocycles. The number of nitrogens with zero attached hydrogens (tertiary/aromatic N) is 3. The number of pyridine rings is 1. The van der Waals surface area contributed by atoms with Crippen molar-refractivity contribution in [2.75, 3.05) is 17.3 Å². The summed E-state index contributed by atoms with van der Waals surface area (Å²) in [6.07, 6.45) is 5.98. The molecule has 102 valence electrons. The summed E-state index contributed by atoms with van der Waals surface area (Å²) < 4.78 is 28.4. The zero-order valence-electron chi connectivity index (χ0n) is 10.1. The molecule has 0 amide bonds. The lowest BCUT2D eigenvalue weighted by molar-refractivity contribution is 0.576. The van der Waals surface area contributed by atoms with E-state index in [9.17, 15) is 8.78 Å². The van der Waals surface area contributed by atoms with Crippen LogP contribution in [0.1, 0.15) is 6.42 Å². The first-order valence-corrected chi connectivity index (χ1v) is 5.73. The van der Waals surface area contributed by atoms with Crippen LogP contribution in [0, 0.1) is 11.6 Å². The number of nitrogen functional groups attached to an aromatic ring is 1. The van der Waals surface area contributed by atoms with Crippen molar-refractivity contribution in [2.45, 2.75) is 13.0 Å². The number of hydrazine groups is 1. The Hall–Kier alpha value is -2.22. The Labute approximate surface area is 108 Å². The molecule has 2 rings (SSSR count). The second-order valence-corrected chi connectivity index (χ2v) is 3.87. The normalized spacial score (nSPS) is 10.5. The molecule has 2 aromatic rings. The van der Waals surface area contributed by atoms with Gasteiger partial charge < -0.3 is 15.3 Å². The Morgan fingerprint density at radius 1 is 1.26 bits per heavy atom. The van der Waals surface area contributed by atoms with Crippen molar-refractivity contribution in [1.82, 2.24) is 14.5 Å². The number of nitrogens with one attached hydrogen (secondary N) is 2. The van der Waals surface area contributed by atoms with Crippen LogP contribution in [0.25, 0.3) is 0 Å². The van der Waals surface area contributed by atoms with Crippen LogP contribution in [-0.4, -0.2) is 21.1 Å². The average molecular weight is 268 g/mol. The minimum absolute atomic E-state index is 0.0278. The molecule has 0 saturated heterocycles. The molecule has 4 N–H and O–H groups in total. The van der Waals surface area contributed by atoms with Crippen LogP contribution in [0.2, 0.25) is 0 Å². The van der Waals surface area contributed by atoms with Crippen LogP contribution < -0.4 is 16.6 Å². The molecule has 2 aromatic heterocycles. The van der Waals surface area contributed by atoms with Gasteiger partial charge in [0.25, 0.3) is 0 Å². The van der Waals surface area contributed by atoms with Crippen LogP contribution in [0.15, 0.2) is 24.8 Å². The van der Waals surface area contributed by atoms with Gasteiger partial charge in [0.1, 0.15) is 0 Å². The summed E-state index contributed by atoms with van der Waals surface area (Å²) in [6.45, 7) is 1.25. The first-order chi connectivity index (χ1) is 9.20. The average Bonchev–Trinajstić information content (AvgIpc) is 2.90. The lowest BCUT2D eigenvalue weighted by atomic mass is 10.3. The van der Waals surface area contributed by atoms with E-state index in [0.29, 0.717) is 6.54 Å². The number of anilines is 2. The number of imidazole rings is 1. The fourth-order valence-corrected chi connectivity index (χ4v) is 1.58. The van der Waals surface area contributed by atoms with Gasteiger partial charge in [-0.1, -0.05) is 0 Å². The van der Waals surface area contributed by atoms with Gasteiger partial charge in [-0.2, -0.15) is 0 Å². The lowest BCUT2D eigenvalue weighted by Crippen LogP contribution is -2.14. The summed E-state index contributed by atoms with van der Waals surface area (Å²) >= 11 is 0. The summed E-state index contributed by atoms with van der Waals surface area (Å²) in [5, 5.41) is 2.80. The predicted molar refractivity (Wildman–Crippen MR) is 67.3 cm³/mol. The first kappa shape index (κ1) is 13.2. The van der Waals surface area contributed by atoms with E-state index in [0.717, 1.165) is 19.0 Å². The van der Waals surface area contributed by atoms with Crippen LogP contribution in [0.5, 0.6) is 0 Å². The molecule has 19 heavy (non-hydrogen) atoms. The molecule has 0 aliphatic rings. The number of hydrogen-bond acceptors (Lipinski definition) is 5. The highest BCUT2D eigenvalue weighted by molar-refractivity contribution is 5.46. The van der Waals surface area contributed by atoms with E-state index in [1.165, 1.54) is 0 Å². The van der Waals surface area contributed by atoms with Crippen molar-refractivity contribution in [3.63, 3.8) is 0 Å². The van der Waals surface area contributed by atoms with Gasteiger partial charge in [-0.05, 0) is 6.42 Å². The van der Waals surface area contributed by atoms with Gasteiger partial charge in [-0.3, -0.25) is 0 Å². The minimum atomic E-state index is -0.830. The number of aryl methyl sites for hydroxylation is 1. The minimum Gasteiger partial charge on any atom is -0.367 e. The molecule has 0 saturated carbocycles. The Kier molecular flexibility index (Phi) is 4.24. The van der Waals surface area contributed by atoms with Gasteiger partial charge in [-0.15, -0.1) is 0 Å². The smallest absolute Gasteiger partial charge is 0.178 e. The Morgan fingerprint density at radius 3 is 2.74 bits per heavy atom. The van der Waals surface area contributed by atoms with Gasteiger partial charge in [0.15, 0.2) is 23.3 Å². The topological polar surface area (TPSA) is 80.8 Å². The fraction of sp³-hybridized carbons (Fsp3) is 0.273. The quantitative estimate of drug-likeness (QED) is 0.418. The summed E-state index contributed by atoms with van der Waals surface area (Å²) in [4.78, 5) is 7.62. The molecule has 0 aliphatic heterocycles. The van der Waals surface area contributed by atoms with E-state index in [4.69, 9.17) is 5.84 Å². The van der Waals surface area contributed by atoms with E-state index in [1.54, 1.807) is 12.5 Å². The molecular weight excluding hydrogens is 254 g/mol. The van der Waals surface area contributed by atoms with Gasteiger partial charge in [0, 0.05) is 31.5 Å². The van der Waals surface area contributed by atoms with E-state index < -0.39 is 11.6 Å². The van der Waals surface area contributed by atoms with Crippen molar-refractivity contribution < 1.29 is 8.78 Å². The Balaban J connectivity index is 1.88. The number of rotatable bonds is 6. The summed E-state index contributed by atoms with van der Waals surface area (Å²) in [7, 11) is 0. The highest BCUT2D eigenvalue weighted by Gasteiger charge is 2.10. The third kappa shape index (κ3) is 3.38. The summed E-state index contributed by atoms with van der Waals surface area (Å²) in [6, 6.07) is 0.737. The third-order valence-corrected chi connectivity index (χ3v) is 2.51. The zero-order valence-corrected chi connectivity index (χ0v) is 10.1.